The molecule has 0 N–H and O–H groups in total. The van der Waals surface area contributed by atoms with E-state index in [1.54, 1.807) is 42.4 Å². The van der Waals surface area contributed by atoms with Crippen LogP contribution < -0.4 is 0 Å². The molecular formula is C17H17ClN2O3S. The van der Waals surface area contributed by atoms with Gasteiger partial charge in [-0.2, -0.15) is 0 Å². The van der Waals surface area contributed by atoms with Gasteiger partial charge in [0.25, 0.3) is 0 Å². The molecule has 0 bridgehead atoms. The Bertz CT molecular complexity index is 767. The quantitative estimate of drug-likeness (QED) is 0.332. The monoisotopic (exact) mass is 364 g/mol. The van der Waals surface area contributed by atoms with Gasteiger partial charge in [0.05, 0.1) is 17.8 Å². The Labute approximate surface area is 149 Å². The third kappa shape index (κ3) is 4.01. The number of rotatable bonds is 6. The molecule has 0 saturated heterocycles. The SMILES string of the molecule is CCOC(=O)c1c(/N=C/N(C)C)sc(C=O)c1-c1ccc(Cl)cc1. The smallest absolute Gasteiger partial charge is 0.341 e. The maximum absolute atomic E-state index is 12.5. The van der Waals surface area contributed by atoms with Crippen molar-refractivity contribution in [3.05, 3.63) is 39.7 Å². The van der Waals surface area contributed by atoms with Crippen molar-refractivity contribution in [2.75, 3.05) is 20.7 Å². The molecule has 1 aromatic carbocycles. The van der Waals surface area contributed by atoms with E-state index >= 15 is 0 Å². The van der Waals surface area contributed by atoms with E-state index in [2.05, 4.69) is 4.99 Å². The van der Waals surface area contributed by atoms with E-state index in [1.807, 2.05) is 14.1 Å². The first-order chi connectivity index (χ1) is 11.5. The lowest BCUT2D eigenvalue weighted by atomic mass is 10.0. The number of ether oxygens (including phenoxy) is 1. The van der Waals surface area contributed by atoms with Gasteiger partial charge in [0.2, 0.25) is 0 Å². The molecule has 0 aliphatic heterocycles. The van der Waals surface area contributed by atoms with Gasteiger partial charge >= 0.3 is 5.97 Å². The molecule has 7 heteroatoms. The molecule has 0 fully saturated rings. The summed E-state index contributed by atoms with van der Waals surface area (Å²) in [4.78, 5) is 30.5. The highest BCUT2D eigenvalue weighted by Crippen LogP contribution is 2.41. The van der Waals surface area contributed by atoms with Crippen molar-refractivity contribution in [1.29, 1.82) is 0 Å². The number of hydrogen-bond acceptors (Lipinski definition) is 5. The van der Waals surface area contributed by atoms with Gasteiger partial charge in [0, 0.05) is 24.7 Å². The molecule has 0 spiro atoms. The van der Waals surface area contributed by atoms with Gasteiger partial charge in [-0.1, -0.05) is 23.7 Å². The lowest BCUT2D eigenvalue weighted by Crippen LogP contribution is -2.08. The molecule has 2 aromatic rings. The standard InChI is InChI=1S/C17H17ClN2O3S/c1-4-23-17(22)15-14(11-5-7-12(18)8-6-11)13(9-21)24-16(15)19-10-20(2)3/h5-10H,4H2,1-3H3/b19-10+. The predicted molar refractivity (Wildman–Crippen MR) is 97.9 cm³/mol. The number of aliphatic imine (C=N–C) groups is 1. The Morgan fingerprint density at radius 1 is 1.33 bits per heavy atom. The van der Waals surface area contributed by atoms with Crippen LogP contribution in [0.1, 0.15) is 27.0 Å². The molecule has 0 amide bonds. The highest BCUT2D eigenvalue weighted by atomic mass is 35.5. The van der Waals surface area contributed by atoms with Crippen LogP contribution in [0, 0.1) is 0 Å². The number of nitrogens with zero attached hydrogens (tertiary/aromatic N) is 2. The fraction of sp³-hybridized carbons (Fsp3) is 0.235. The molecular weight excluding hydrogens is 348 g/mol. The molecule has 0 atom stereocenters. The molecule has 0 aliphatic rings. The molecule has 0 radical (unpaired) electrons. The van der Waals surface area contributed by atoms with Crippen molar-refractivity contribution in [2.24, 2.45) is 4.99 Å². The molecule has 24 heavy (non-hydrogen) atoms. The highest BCUT2D eigenvalue weighted by Gasteiger charge is 2.25. The summed E-state index contributed by atoms with van der Waals surface area (Å²) in [6.45, 7) is 1.97. The lowest BCUT2D eigenvalue weighted by molar-refractivity contribution is 0.0529. The highest BCUT2D eigenvalue weighted by molar-refractivity contribution is 7.18. The summed E-state index contributed by atoms with van der Waals surface area (Å²) in [6, 6.07) is 6.95. The summed E-state index contributed by atoms with van der Waals surface area (Å²) >= 11 is 7.08. The number of aldehydes is 1. The molecule has 0 unspecified atom stereocenters. The van der Waals surface area contributed by atoms with Crippen molar-refractivity contribution in [3.63, 3.8) is 0 Å². The van der Waals surface area contributed by atoms with E-state index < -0.39 is 5.97 Å². The van der Waals surface area contributed by atoms with Gasteiger partial charge in [-0.15, -0.1) is 11.3 Å². The minimum Gasteiger partial charge on any atom is -0.462 e. The zero-order valence-electron chi connectivity index (χ0n) is 13.6. The second kappa shape index (κ2) is 8.08. The van der Waals surface area contributed by atoms with Crippen LogP contribution in [0.2, 0.25) is 5.02 Å². The number of halogens is 1. The van der Waals surface area contributed by atoms with Crippen molar-refractivity contribution >= 4 is 46.5 Å². The summed E-state index contributed by atoms with van der Waals surface area (Å²) in [7, 11) is 3.64. The largest absolute Gasteiger partial charge is 0.462 e. The van der Waals surface area contributed by atoms with Crippen LogP contribution in [0.25, 0.3) is 11.1 Å². The maximum Gasteiger partial charge on any atom is 0.341 e. The lowest BCUT2D eigenvalue weighted by Gasteiger charge is -2.07. The number of esters is 1. The van der Waals surface area contributed by atoms with E-state index in [0.29, 0.717) is 31.6 Å². The summed E-state index contributed by atoms with van der Waals surface area (Å²) in [5.74, 6) is -0.502. The van der Waals surface area contributed by atoms with Gasteiger partial charge in [-0.05, 0) is 24.6 Å². The van der Waals surface area contributed by atoms with Crippen molar-refractivity contribution in [3.8, 4) is 11.1 Å². The number of carbonyl (C=O) groups is 2. The first kappa shape index (κ1) is 18.2. The van der Waals surface area contributed by atoms with Crippen LogP contribution in [-0.4, -0.2) is 44.2 Å². The molecule has 2 rings (SSSR count). The Hall–Kier alpha value is -2.18. The number of benzene rings is 1. The minimum atomic E-state index is -0.502. The molecule has 1 aromatic heterocycles. The van der Waals surface area contributed by atoms with Crippen LogP contribution in [0.3, 0.4) is 0 Å². The first-order valence-corrected chi connectivity index (χ1v) is 8.43. The third-order valence-corrected chi connectivity index (χ3v) is 4.32. The fourth-order valence-electron chi connectivity index (χ4n) is 2.07. The summed E-state index contributed by atoms with van der Waals surface area (Å²) in [5, 5.41) is 1.01. The number of carbonyl (C=O) groups excluding carboxylic acids is 2. The van der Waals surface area contributed by atoms with E-state index in [-0.39, 0.29) is 6.61 Å². The maximum atomic E-state index is 12.5. The zero-order valence-corrected chi connectivity index (χ0v) is 15.1. The van der Waals surface area contributed by atoms with Crippen molar-refractivity contribution < 1.29 is 14.3 Å². The molecule has 126 valence electrons. The van der Waals surface area contributed by atoms with Gasteiger partial charge in [0.1, 0.15) is 10.6 Å². The number of thiophene rings is 1. The summed E-state index contributed by atoms with van der Waals surface area (Å²) in [6.07, 6.45) is 2.31. The Kier molecular flexibility index (Phi) is 6.11. The molecule has 0 aliphatic carbocycles. The topological polar surface area (TPSA) is 59.0 Å². The second-order valence-electron chi connectivity index (χ2n) is 5.07. The van der Waals surface area contributed by atoms with Crippen LogP contribution in [0.4, 0.5) is 5.00 Å². The minimum absolute atomic E-state index is 0.238. The Morgan fingerprint density at radius 3 is 2.54 bits per heavy atom. The van der Waals surface area contributed by atoms with Crippen molar-refractivity contribution in [2.45, 2.75) is 6.92 Å². The normalized spacial score (nSPS) is 10.8. The van der Waals surface area contributed by atoms with Crippen LogP contribution in [0.5, 0.6) is 0 Å². The molecule has 5 nitrogen and oxygen atoms in total. The van der Waals surface area contributed by atoms with Crippen LogP contribution >= 0.6 is 22.9 Å². The number of hydrogen-bond donors (Lipinski definition) is 0. The average Bonchev–Trinajstić information content (AvgIpc) is 2.92. The zero-order chi connectivity index (χ0) is 17.7. The van der Waals surface area contributed by atoms with Gasteiger partial charge in [0.15, 0.2) is 6.29 Å². The predicted octanol–water partition coefficient (Wildman–Crippen LogP) is 4.28. The molecule has 0 saturated carbocycles. The van der Waals surface area contributed by atoms with Crippen LogP contribution in [-0.2, 0) is 4.74 Å². The van der Waals surface area contributed by atoms with E-state index in [0.717, 1.165) is 17.6 Å². The second-order valence-corrected chi connectivity index (χ2v) is 6.54. The Morgan fingerprint density at radius 2 is 2.00 bits per heavy atom. The van der Waals surface area contributed by atoms with E-state index in [4.69, 9.17) is 16.3 Å². The Balaban J connectivity index is 2.68. The summed E-state index contributed by atoms with van der Waals surface area (Å²) < 4.78 is 5.16. The molecule has 1 heterocycles. The van der Waals surface area contributed by atoms with Gasteiger partial charge in [-0.3, -0.25) is 4.79 Å². The van der Waals surface area contributed by atoms with E-state index in [9.17, 15) is 9.59 Å². The summed E-state index contributed by atoms with van der Waals surface area (Å²) in [5.41, 5.74) is 1.53. The van der Waals surface area contributed by atoms with Crippen molar-refractivity contribution in [1.82, 2.24) is 4.90 Å². The fourth-order valence-corrected chi connectivity index (χ4v) is 3.17. The third-order valence-electron chi connectivity index (χ3n) is 3.04. The average molecular weight is 365 g/mol. The van der Waals surface area contributed by atoms with Crippen LogP contribution in [0.15, 0.2) is 29.3 Å². The first-order valence-electron chi connectivity index (χ1n) is 7.23. The van der Waals surface area contributed by atoms with Gasteiger partial charge < -0.3 is 9.64 Å². The van der Waals surface area contributed by atoms with Gasteiger partial charge in [-0.25, -0.2) is 9.79 Å². The van der Waals surface area contributed by atoms with E-state index in [1.165, 1.54) is 0 Å².